The number of benzene rings is 2. The highest BCUT2D eigenvalue weighted by atomic mass is 35.5. The van der Waals surface area contributed by atoms with Crippen molar-refractivity contribution >= 4 is 29.1 Å². The second-order valence-corrected chi connectivity index (χ2v) is 9.05. The number of nitrogens with one attached hydrogen (secondary N) is 2. The first-order chi connectivity index (χ1) is 15.8. The van der Waals surface area contributed by atoms with Gasteiger partial charge in [-0.05, 0) is 69.0 Å². The summed E-state index contributed by atoms with van der Waals surface area (Å²) in [6.45, 7) is 8.12. The van der Waals surface area contributed by atoms with E-state index in [2.05, 4.69) is 22.5 Å². The van der Waals surface area contributed by atoms with Gasteiger partial charge in [0.25, 0.3) is 11.8 Å². The van der Waals surface area contributed by atoms with Gasteiger partial charge >= 0.3 is 0 Å². The fourth-order valence-electron chi connectivity index (χ4n) is 3.92. The molecule has 1 unspecified atom stereocenters. The molecule has 0 bridgehead atoms. The second kappa shape index (κ2) is 11.3. The van der Waals surface area contributed by atoms with Crippen LogP contribution in [0.3, 0.4) is 0 Å². The molecule has 0 spiro atoms. The van der Waals surface area contributed by atoms with Gasteiger partial charge in [-0.25, -0.2) is 0 Å². The maximum atomic E-state index is 12.7. The van der Waals surface area contributed by atoms with Crippen molar-refractivity contribution in [3.8, 4) is 11.5 Å². The Hall–Kier alpha value is -2.93. The van der Waals surface area contributed by atoms with E-state index >= 15 is 0 Å². The summed E-state index contributed by atoms with van der Waals surface area (Å²) in [6.07, 6.45) is 1.00. The van der Waals surface area contributed by atoms with E-state index in [0.717, 1.165) is 30.2 Å². The third kappa shape index (κ3) is 6.78. The van der Waals surface area contributed by atoms with Crippen LogP contribution in [0.5, 0.6) is 11.5 Å². The lowest BCUT2D eigenvalue weighted by atomic mass is 10.1. The van der Waals surface area contributed by atoms with Crippen LogP contribution in [0.4, 0.5) is 5.69 Å². The van der Waals surface area contributed by atoms with Crippen molar-refractivity contribution in [1.29, 1.82) is 0 Å². The van der Waals surface area contributed by atoms with Gasteiger partial charge in [-0.2, -0.15) is 0 Å². The first kappa shape index (κ1) is 24.7. The first-order valence-electron chi connectivity index (χ1n) is 11.2. The molecule has 178 valence electrons. The highest BCUT2D eigenvalue weighted by molar-refractivity contribution is 6.30. The van der Waals surface area contributed by atoms with E-state index in [0.29, 0.717) is 29.5 Å². The summed E-state index contributed by atoms with van der Waals surface area (Å²) in [5.74, 6) is 0.790. The summed E-state index contributed by atoms with van der Waals surface area (Å²) in [7, 11) is 1.50. The molecule has 3 rings (SSSR count). The Morgan fingerprint density at radius 2 is 1.97 bits per heavy atom. The number of carbonyl (C=O) groups is 2. The number of aryl methyl sites for hydroxylation is 1. The number of carbonyl (C=O) groups excluding carboxylic acids is 2. The Kier molecular flexibility index (Phi) is 8.44. The van der Waals surface area contributed by atoms with E-state index in [9.17, 15) is 9.59 Å². The fraction of sp³-hybridized carbons (Fsp3) is 0.440. The molecule has 2 aromatic rings. The van der Waals surface area contributed by atoms with E-state index in [1.54, 1.807) is 18.2 Å². The number of hydrogen-bond donors (Lipinski definition) is 2. The second-order valence-electron chi connectivity index (χ2n) is 8.62. The van der Waals surface area contributed by atoms with Crippen molar-refractivity contribution in [3.63, 3.8) is 0 Å². The van der Waals surface area contributed by atoms with E-state index in [1.165, 1.54) is 12.7 Å². The normalized spacial score (nSPS) is 15.5. The van der Waals surface area contributed by atoms with Crippen molar-refractivity contribution in [2.24, 2.45) is 5.92 Å². The van der Waals surface area contributed by atoms with Gasteiger partial charge in [-0.1, -0.05) is 17.7 Å². The van der Waals surface area contributed by atoms with Gasteiger partial charge in [0.1, 0.15) is 0 Å². The largest absolute Gasteiger partial charge is 0.493 e. The van der Waals surface area contributed by atoms with Gasteiger partial charge in [-0.15, -0.1) is 0 Å². The van der Waals surface area contributed by atoms with Crippen molar-refractivity contribution in [2.45, 2.75) is 33.2 Å². The van der Waals surface area contributed by atoms with Crippen LogP contribution < -0.4 is 25.0 Å². The average molecular weight is 474 g/mol. The third-order valence-electron chi connectivity index (χ3n) is 5.58. The molecular weight excluding hydrogens is 442 g/mol. The van der Waals surface area contributed by atoms with E-state index < -0.39 is 0 Å². The zero-order chi connectivity index (χ0) is 24.0. The maximum absolute atomic E-state index is 12.7. The van der Waals surface area contributed by atoms with Crippen LogP contribution in [0.25, 0.3) is 0 Å². The van der Waals surface area contributed by atoms with Crippen LogP contribution in [0.2, 0.25) is 5.02 Å². The number of nitrogens with zero attached hydrogens (tertiary/aromatic N) is 1. The minimum absolute atomic E-state index is 0.0375. The number of hydrogen-bond acceptors (Lipinski definition) is 5. The lowest BCUT2D eigenvalue weighted by Gasteiger charge is -2.21. The van der Waals surface area contributed by atoms with Gasteiger partial charge in [-0.3, -0.25) is 9.59 Å². The van der Waals surface area contributed by atoms with Crippen LogP contribution in [0.1, 0.15) is 36.2 Å². The van der Waals surface area contributed by atoms with Crippen LogP contribution in [0, 0.1) is 12.8 Å². The minimum atomic E-state index is -0.215. The topological polar surface area (TPSA) is 79.9 Å². The number of ether oxygens (including phenoxy) is 2. The number of rotatable bonds is 9. The standard InChI is InChI=1S/C25H32ClN3O4/c1-16(2)28-24(30)15-33-22-8-6-19(11-23(22)32-4)25(31)27-13-18-9-10-29(14-18)21-12-20(26)7-5-17(21)3/h5-8,11-12,16,18H,9-10,13-15H2,1-4H3,(H,27,31)(H,28,30). The zero-order valence-electron chi connectivity index (χ0n) is 19.6. The Labute approximate surface area is 200 Å². The van der Waals surface area contributed by atoms with Gasteiger partial charge in [0, 0.05) is 41.9 Å². The van der Waals surface area contributed by atoms with E-state index in [1.807, 2.05) is 32.0 Å². The van der Waals surface area contributed by atoms with Crippen molar-refractivity contribution in [2.75, 3.05) is 38.3 Å². The fourth-order valence-corrected chi connectivity index (χ4v) is 4.08. The Morgan fingerprint density at radius 3 is 2.70 bits per heavy atom. The Bertz CT molecular complexity index is 996. The van der Waals surface area contributed by atoms with Gasteiger partial charge < -0.3 is 25.0 Å². The van der Waals surface area contributed by atoms with Crippen molar-refractivity contribution in [3.05, 3.63) is 52.5 Å². The molecule has 2 aromatic carbocycles. The molecule has 0 aromatic heterocycles. The summed E-state index contributed by atoms with van der Waals surface area (Å²) < 4.78 is 10.9. The summed E-state index contributed by atoms with van der Waals surface area (Å²) in [5, 5.41) is 6.52. The van der Waals surface area contributed by atoms with Gasteiger partial charge in [0.05, 0.1) is 7.11 Å². The number of anilines is 1. The van der Waals surface area contributed by atoms with Crippen molar-refractivity contribution in [1.82, 2.24) is 10.6 Å². The molecule has 1 aliphatic heterocycles. The molecule has 1 aliphatic rings. The summed E-state index contributed by atoms with van der Waals surface area (Å²) in [4.78, 5) is 26.8. The van der Waals surface area contributed by atoms with E-state index in [-0.39, 0.29) is 24.5 Å². The molecular formula is C25H32ClN3O4. The Balaban J connectivity index is 1.54. The molecule has 1 atom stereocenters. The highest BCUT2D eigenvalue weighted by Crippen LogP contribution is 2.30. The molecule has 7 nitrogen and oxygen atoms in total. The lowest BCUT2D eigenvalue weighted by Crippen LogP contribution is -2.34. The average Bonchev–Trinajstić information content (AvgIpc) is 3.26. The van der Waals surface area contributed by atoms with Crippen LogP contribution in [-0.2, 0) is 4.79 Å². The monoisotopic (exact) mass is 473 g/mol. The summed E-state index contributed by atoms with van der Waals surface area (Å²) in [6, 6.07) is 10.9. The zero-order valence-corrected chi connectivity index (χ0v) is 20.4. The molecule has 0 saturated carbocycles. The molecule has 1 heterocycles. The molecule has 1 fully saturated rings. The molecule has 2 amide bonds. The molecule has 8 heteroatoms. The predicted molar refractivity (Wildman–Crippen MR) is 131 cm³/mol. The smallest absolute Gasteiger partial charge is 0.258 e. The lowest BCUT2D eigenvalue weighted by molar-refractivity contribution is -0.123. The number of halogens is 1. The first-order valence-corrected chi connectivity index (χ1v) is 11.5. The van der Waals surface area contributed by atoms with Gasteiger partial charge in [0.15, 0.2) is 18.1 Å². The predicted octanol–water partition coefficient (Wildman–Crippen LogP) is 3.82. The molecule has 0 aliphatic carbocycles. The number of amides is 2. The summed E-state index contributed by atoms with van der Waals surface area (Å²) in [5.41, 5.74) is 2.82. The van der Waals surface area contributed by atoms with Crippen LogP contribution in [0.15, 0.2) is 36.4 Å². The maximum Gasteiger partial charge on any atom is 0.258 e. The minimum Gasteiger partial charge on any atom is -0.493 e. The quantitative estimate of drug-likeness (QED) is 0.578. The highest BCUT2D eigenvalue weighted by Gasteiger charge is 2.24. The van der Waals surface area contributed by atoms with Crippen LogP contribution >= 0.6 is 11.6 Å². The SMILES string of the molecule is COc1cc(C(=O)NCC2CCN(c3cc(Cl)ccc3C)C2)ccc1OCC(=O)NC(C)C. The number of methoxy groups -OCH3 is 1. The van der Waals surface area contributed by atoms with Gasteiger partial charge in [0.2, 0.25) is 0 Å². The van der Waals surface area contributed by atoms with E-state index in [4.69, 9.17) is 21.1 Å². The summed E-state index contributed by atoms with van der Waals surface area (Å²) >= 11 is 6.17. The molecule has 1 saturated heterocycles. The molecule has 0 radical (unpaired) electrons. The molecule has 33 heavy (non-hydrogen) atoms. The van der Waals surface area contributed by atoms with Crippen molar-refractivity contribution < 1.29 is 19.1 Å². The Morgan fingerprint density at radius 1 is 1.18 bits per heavy atom. The molecule has 2 N–H and O–H groups in total. The third-order valence-corrected chi connectivity index (χ3v) is 5.82. The van der Waals surface area contributed by atoms with Crippen LogP contribution in [-0.4, -0.2) is 51.2 Å².